The van der Waals surface area contributed by atoms with Gasteiger partial charge in [-0.25, -0.2) is 4.39 Å². The Morgan fingerprint density at radius 2 is 1.68 bits per heavy atom. The highest BCUT2D eigenvalue weighted by atomic mass is 19.1. The predicted molar refractivity (Wildman–Crippen MR) is 110 cm³/mol. The van der Waals surface area contributed by atoms with Gasteiger partial charge in [0.15, 0.2) is 0 Å². The van der Waals surface area contributed by atoms with Crippen LogP contribution in [-0.2, 0) is 10.2 Å². The lowest BCUT2D eigenvalue weighted by Crippen LogP contribution is -2.42. The molecule has 1 aliphatic rings. The van der Waals surface area contributed by atoms with Crippen LogP contribution in [0.3, 0.4) is 0 Å². The zero-order chi connectivity index (χ0) is 20.0. The third-order valence-corrected chi connectivity index (χ3v) is 5.46. The number of hydrogen-bond acceptors (Lipinski definition) is 3. The summed E-state index contributed by atoms with van der Waals surface area (Å²) in [5, 5.41) is 3.07. The van der Waals surface area contributed by atoms with Crippen LogP contribution in [0.4, 0.5) is 10.1 Å². The number of hydrogen-bond donors (Lipinski definition) is 1. The van der Waals surface area contributed by atoms with Crippen LogP contribution < -0.4 is 10.1 Å². The molecule has 1 fully saturated rings. The summed E-state index contributed by atoms with van der Waals surface area (Å²) < 4.78 is 19.1. The molecule has 0 atom stereocenters. The van der Waals surface area contributed by atoms with Crippen LogP contribution in [0.5, 0.6) is 5.75 Å². The molecule has 0 heterocycles. The number of carbonyl (C=O) groups is 1. The molecule has 150 valence electrons. The number of carbonyl (C=O) groups excluding carboxylic acids is 1. The average Bonchev–Trinajstić information content (AvgIpc) is 2.70. The van der Waals surface area contributed by atoms with Gasteiger partial charge in [-0.05, 0) is 68.9 Å². The van der Waals surface area contributed by atoms with Crippen molar-refractivity contribution in [2.24, 2.45) is 0 Å². The maximum absolute atomic E-state index is 13.4. The highest BCUT2D eigenvalue weighted by molar-refractivity contribution is 5.99. The molecular formula is C23H29FN2O2. The minimum atomic E-state index is -0.590. The Balaban J connectivity index is 1.71. The first-order chi connectivity index (χ1) is 13.5. The molecular weight excluding hydrogens is 355 g/mol. The number of rotatable bonds is 7. The smallest absolute Gasteiger partial charge is 0.235 e. The van der Waals surface area contributed by atoms with Gasteiger partial charge in [-0.3, -0.25) is 4.79 Å². The van der Waals surface area contributed by atoms with Gasteiger partial charge in [0.1, 0.15) is 18.2 Å². The second-order valence-corrected chi connectivity index (χ2v) is 7.78. The monoisotopic (exact) mass is 384 g/mol. The van der Waals surface area contributed by atoms with Gasteiger partial charge in [0.05, 0.1) is 5.41 Å². The van der Waals surface area contributed by atoms with Crippen LogP contribution in [0.25, 0.3) is 0 Å². The van der Waals surface area contributed by atoms with Gasteiger partial charge in [-0.15, -0.1) is 0 Å². The van der Waals surface area contributed by atoms with Gasteiger partial charge < -0.3 is 15.0 Å². The van der Waals surface area contributed by atoms with Crippen LogP contribution in [0.15, 0.2) is 48.5 Å². The van der Waals surface area contributed by atoms with E-state index in [0.717, 1.165) is 55.6 Å². The first-order valence-corrected chi connectivity index (χ1v) is 9.95. The number of nitrogens with zero attached hydrogens (tertiary/aromatic N) is 1. The number of halogens is 1. The van der Waals surface area contributed by atoms with E-state index in [1.165, 1.54) is 12.1 Å². The molecule has 5 heteroatoms. The molecule has 0 aromatic heterocycles. The van der Waals surface area contributed by atoms with Crippen molar-refractivity contribution in [2.45, 2.75) is 37.5 Å². The minimum Gasteiger partial charge on any atom is -0.492 e. The van der Waals surface area contributed by atoms with Crippen molar-refractivity contribution in [1.82, 2.24) is 4.90 Å². The zero-order valence-corrected chi connectivity index (χ0v) is 16.7. The van der Waals surface area contributed by atoms with Crippen LogP contribution in [-0.4, -0.2) is 38.1 Å². The van der Waals surface area contributed by atoms with Gasteiger partial charge in [-0.1, -0.05) is 31.4 Å². The van der Waals surface area contributed by atoms with Crippen molar-refractivity contribution in [3.05, 3.63) is 59.9 Å². The molecule has 28 heavy (non-hydrogen) atoms. The topological polar surface area (TPSA) is 41.6 Å². The molecule has 0 bridgehead atoms. The van der Waals surface area contributed by atoms with Gasteiger partial charge in [0.25, 0.3) is 0 Å². The van der Waals surface area contributed by atoms with Crippen molar-refractivity contribution in [2.75, 3.05) is 32.6 Å². The Labute approximate surface area is 166 Å². The summed E-state index contributed by atoms with van der Waals surface area (Å²) in [4.78, 5) is 15.3. The third-order valence-electron chi connectivity index (χ3n) is 5.46. The molecule has 2 aromatic carbocycles. The molecule has 1 saturated carbocycles. The van der Waals surface area contributed by atoms with E-state index in [4.69, 9.17) is 4.74 Å². The average molecular weight is 384 g/mol. The summed E-state index contributed by atoms with van der Waals surface area (Å²) in [6.07, 6.45) is 4.72. The second kappa shape index (κ2) is 9.20. The van der Waals surface area contributed by atoms with Crippen LogP contribution >= 0.6 is 0 Å². The number of nitrogens with one attached hydrogen (secondary N) is 1. The van der Waals surface area contributed by atoms with Crippen LogP contribution in [0, 0.1) is 5.82 Å². The summed E-state index contributed by atoms with van der Waals surface area (Å²) in [5.74, 6) is 0.492. The summed E-state index contributed by atoms with van der Waals surface area (Å²) in [6.45, 7) is 1.46. The predicted octanol–water partition coefficient (Wildman–Crippen LogP) is 4.61. The van der Waals surface area contributed by atoms with Crippen molar-refractivity contribution in [3.63, 3.8) is 0 Å². The quantitative estimate of drug-likeness (QED) is 0.758. The lowest BCUT2D eigenvalue weighted by Gasteiger charge is -2.36. The Bertz CT molecular complexity index is 766. The van der Waals surface area contributed by atoms with E-state index in [2.05, 4.69) is 10.2 Å². The third kappa shape index (κ3) is 4.90. The molecule has 0 saturated heterocycles. The van der Waals surface area contributed by atoms with E-state index in [0.29, 0.717) is 6.61 Å². The summed E-state index contributed by atoms with van der Waals surface area (Å²) >= 11 is 0. The molecule has 1 aliphatic carbocycles. The minimum absolute atomic E-state index is 0.0138. The lowest BCUT2D eigenvalue weighted by atomic mass is 9.68. The fraction of sp³-hybridized carbons (Fsp3) is 0.435. The number of anilines is 1. The zero-order valence-electron chi connectivity index (χ0n) is 16.7. The molecule has 1 amide bonds. The Hall–Kier alpha value is -2.40. The summed E-state index contributed by atoms with van der Waals surface area (Å²) in [7, 11) is 4.01. The van der Waals surface area contributed by atoms with Crippen LogP contribution in [0.1, 0.15) is 37.7 Å². The molecule has 1 N–H and O–H groups in total. The van der Waals surface area contributed by atoms with Crippen LogP contribution in [0.2, 0.25) is 0 Å². The number of ether oxygens (including phenoxy) is 1. The van der Waals surface area contributed by atoms with E-state index in [1.807, 2.05) is 38.4 Å². The summed E-state index contributed by atoms with van der Waals surface area (Å²) in [5.41, 5.74) is 1.05. The number of likely N-dealkylation sites (N-methyl/N-ethyl adjacent to an activating group) is 1. The maximum atomic E-state index is 13.4. The Kier molecular flexibility index (Phi) is 6.68. The number of benzene rings is 2. The van der Waals surface area contributed by atoms with E-state index in [-0.39, 0.29) is 11.7 Å². The molecule has 3 rings (SSSR count). The summed E-state index contributed by atoms with van der Waals surface area (Å²) in [6, 6.07) is 13.9. The van der Waals surface area contributed by atoms with E-state index < -0.39 is 5.41 Å². The first-order valence-electron chi connectivity index (χ1n) is 9.95. The number of amides is 1. The van der Waals surface area contributed by atoms with Crippen molar-refractivity contribution in [1.29, 1.82) is 0 Å². The van der Waals surface area contributed by atoms with E-state index in [1.54, 1.807) is 12.1 Å². The standard InChI is InChI=1S/C23H29FN2O2/c1-26(2)16-17-28-21-12-10-20(11-13-21)25-22(27)23(14-4-3-5-15-23)18-6-8-19(24)9-7-18/h6-13H,3-5,14-17H2,1-2H3,(H,25,27). The fourth-order valence-corrected chi connectivity index (χ4v) is 3.80. The van der Waals surface area contributed by atoms with Gasteiger partial charge >= 0.3 is 0 Å². The van der Waals surface area contributed by atoms with E-state index in [9.17, 15) is 9.18 Å². The highest BCUT2D eigenvalue weighted by Crippen LogP contribution is 2.40. The fourth-order valence-electron chi connectivity index (χ4n) is 3.80. The maximum Gasteiger partial charge on any atom is 0.235 e. The van der Waals surface area contributed by atoms with E-state index >= 15 is 0 Å². The van der Waals surface area contributed by atoms with Gasteiger partial charge in [-0.2, -0.15) is 0 Å². The van der Waals surface area contributed by atoms with Gasteiger partial charge in [0, 0.05) is 12.2 Å². The van der Waals surface area contributed by atoms with Gasteiger partial charge in [0.2, 0.25) is 5.91 Å². The second-order valence-electron chi connectivity index (χ2n) is 7.78. The molecule has 0 aliphatic heterocycles. The van der Waals surface area contributed by atoms with Crippen molar-refractivity contribution >= 4 is 11.6 Å². The molecule has 4 nitrogen and oxygen atoms in total. The first kappa shape index (κ1) is 20.3. The Morgan fingerprint density at radius 3 is 2.29 bits per heavy atom. The molecule has 0 unspecified atom stereocenters. The SMILES string of the molecule is CN(C)CCOc1ccc(NC(=O)C2(c3ccc(F)cc3)CCCCC2)cc1. The molecule has 2 aromatic rings. The van der Waals surface area contributed by atoms with Crippen molar-refractivity contribution in [3.8, 4) is 5.75 Å². The lowest BCUT2D eigenvalue weighted by molar-refractivity contribution is -0.122. The molecule has 0 spiro atoms. The normalized spacial score (nSPS) is 16.0. The largest absolute Gasteiger partial charge is 0.492 e. The Morgan fingerprint density at radius 1 is 1.04 bits per heavy atom. The van der Waals surface area contributed by atoms with Crippen molar-refractivity contribution < 1.29 is 13.9 Å². The molecule has 0 radical (unpaired) electrons. The highest BCUT2D eigenvalue weighted by Gasteiger charge is 2.41.